The number of hydrogen-bond donors (Lipinski definition) is 2. The molecule has 0 aromatic rings. The fourth-order valence-electron chi connectivity index (χ4n) is 1.89. The molecule has 1 fully saturated rings. The van der Waals surface area contributed by atoms with Gasteiger partial charge in [-0.2, -0.15) is 0 Å². The third-order valence-electron chi connectivity index (χ3n) is 2.72. The number of carbonyl (C=O) groups is 1. The van der Waals surface area contributed by atoms with Crippen LogP contribution in [0, 0.1) is 11.8 Å². The van der Waals surface area contributed by atoms with Crippen molar-refractivity contribution in [2.24, 2.45) is 17.6 Å². The van der Waals surface area contributed by atoms with Gasteiger partial charge in [0, 0.05) is 12.5 Å². The van der Waals surface area contributed by atoms with Crippen molar-refractivity contribution in [1.82, 2.24) is 5.32 Å². The summed E-state index contributed by atoms with van der Waals surface area (Å²) >= 11 is 0. The van der Waals surface area contributed by atoms with Crippen molar-refractivity contribution in [2.75, 3.05) is 19.8 Å². The normalized spacial score (nSPS) is 24.1. The van der Waals surface area contributed by atoms with Gasteiger partial charge in [0.15, 0.2) is 0 Å². The molecule has 0 saturated carbocycles. The molecule has 0 bridgehead atoms. The second-order valence-electron chi connectivity index (χ2n) is 4.66. The van der Waals surface area contributed by atoms with E-state index in [4.69, 9.17) is 10.5 Å². The molecular formula is C11H22N2O2. The van der Waals surface area contributed by atoms with E-state index in [0.29, 0.717) is 12.5 Å². The zero-order chi connectivity index (χ0) is 11.3. The zero-order valence-electron chi connectivity index (χ0n) is 9.66. The van der Waals surface area contributed by atoms with Gasteiger partial charge in [0.25, 0.3) is 0 Å². The summed E-state index contributed by atoms with van der Waals surface area (Å²) in [4.78, 5) is 11.3. The van der Waals surface area contributed by atoms with Crippen molar-refractivity contribution in [3.63, 3.8) is 0 Å². The minimum atomic E-state index is -0.258. The Bertz CT molecular complexity index is 201. The van der Waals surface area contributed by atoms with E-state index < -0.39 is 0 Å². The predicted octanol–water partition coefficient (Wildman–Crippen LogP) is 0.513. The quantitative estimate of drug-likeness (QED) is 0.701. The SMILES string of the molecule is CC(C)CNC(C(N)=O)C1CCCOC1. The number of primary amides is 1. The molecule has 2 atom stereocenters. The first-order valence-corrected chi connectivity index (χ1v) is 5.71. The lowest BCUT2D eigenvalue weighted by Gasteiger charge is -2.29. The summed E-state index contributed by atoms with van der Waals surface area (Å²) in [6.45, 7) is 6.51. The Kier molecular flexibility index (Phi) is 5.05. The van der Waals surface area contributed by atoms with E-state index in [1.54, 1.807) is 0 Å². The highest BCUT2D eigenvalue weighted by atomic mass is 16.5. The summed E-state index contributed by atoms with van der Waals surface area (Å²) < 4.78 is 5.37. The molecule has 2 unspecified atom stereocenters. The van der Waals surface area contributed by atoms with Crippen LogP contribution in [0.2, 0.25) is 0 Å². The van der Waals surface area contributed by atoms with E-state index in [9.17, 15) is 4.79 Å². The van der Waals surface area contributed by atoms with Gasteiger partial charge in [-0.1, -0.05) is 13.8 Å². The molecule has 15 heavy (non-hydrogen) atoms. The lowest BCUT2D eigenvalue weighted by molar-refractivity contribution is -0.122. The third kappa shape index (κ3) is 4.18. The summed E-state index contributed by atoms with van der Waals surface area (Å²) in [5, 5.41) is 3.23. The summed E-state index contributed by atoms with van der Waals surface area (Å²) in [5.41, 5.74) is 5.40. The Labute approximate surface area is 91.5 Å². The van der Waals surface area contributed by atoms with E-state index in [2.05, 4.69) is 19.2 Å². The van der Waals surface area contributed by atoms with Gasteiger partial charge in [0.1, 0.15) is 0 Å². The Morgan fingerprint density at radius 2 is 2.33 bits per heavy atom. The standard InChI is InChI=1S/C11H22N2O2/c1-8(2)6-13-10(11(12)14)9-4-3-5-15-7-9/h8-10,13H,3-7H2,1-2H3,(H2,12,14). The first-order chi connectivity index (χ1) is 7.11. The molecule has 1 heterocycles. The predicted molar refractivity (Wildman–Crippen MR) is 59.4 cm³/mol. The first kappa shape index (κ1) is 12.5. The van der Waals surface area contributed by atoms with Gasteiger partial charge in [-0.25, -0.2) is 0 Å². The molecule has 4 nitrogen and oxygen atoms in total. The Balaban J connectivity index is 2.44. The first-order valence-electron chi connectivity index (χ1n) is 5.71. The van der Waals surface area contributed by atoms with Crippen molar-refractivity contribution < 1.29 is 9.53 Å². The summed E-state index contributed by atoms with van der Waals surface area (Å²) in [5.74, 6) is 0.512. The molecule has 1 amide bonds. The monoisotopic (exact) mass is 214 g/mol. The fourth-order valence-corrected chi connectivity index (χ4v) is 1.89. The molecule has 88 valence electrons. The van der Waals surface area contributed by atoms with E-state index in [-0.39, 0.29) is 17.9 Å². The molecule has 1 aliphatic rings. The van der Waals surface area contributed by atoms with Crippen LogP contribution in [0.25, 0.3) is 0 Å². The zero-order valence-corrected chi connectivity index (χ0v) is 9.66. The van der Waals surface area contributed by atoms with Crippen molar-refractivity contribution in [1.29, 1.82) is 0 Å². The molecule has 0 aromatic carbocycles. The topological polar surface area (TPSA) is 64.3 Å². The van der Waals surface area contributed by atoms with Gasteiger partial charge in [-0.15, -0.1) is 0 Å². The average molecular weight is 214 g/mol. The van der Waals surface area contributed by atoms with Crippen molar-refractivity contribution >= 4 is 5.91 Å². The number of hydrogen-bond acceptors (Lipinski definition) is 3. The molecule has 4 heteroatoms. The average Bonchev–Trinajstić information content (AvgIpc) is 2.18. The number of amides is 1. The van der Waals surface area contributed by atoms with Crippen LogP contribution in [0.5, 0.6) is 0 Å². The third-order valence-corrected chi connectivity index (χ3v) is 2.72. The van der Waals surface area contributed by atoms with Gasteiger partial charge in [0.05, 0.1) is 12.6 Å². The number of rotatable bonds is 5. The van der Waals surface area contributed by atoms with Gasteiger partial charge in [0.2, 0.25) is 5.91 Å². The smallest absolute Gasteiger partial charge is 0.234 e. The fraction of sp³-hybridized carbons (Fsp3) is 0.909. The van der Waals surface area contributed by atoms with Crippen LogP contribution >= 0.6 is 0 Å². The number of carbonyl (C=O) groups excluding carboxylic acids is 1. The minimum absolute atomic E-state index is 0.229. The summed E-state index contributed by atoms with van der Waals surface area (Å²) in [6, 6.07) is -0.229. The maximum absolute atomic E-state index is 11.3. The molecular weight excluding hydrogens is 192 g/mol. The van der Waals surface area contributed by atoms with Gasteiger partial charge in [-0.05, 0) is 25.3 Å². The Morgan fingerprint density at radius 3 is 2.80 bits per heavy atom. The molecule has 0 spiro atoms. The highest BCUT2D eigenvalue weighted by Crippen LogP contribution is 2.17. The van der Waals surface area contributed by atoms with Crippen molar-refractivity contribution in [3.05, 3.63) is 0 Å². The maximum atomic E-state index is 11.3. The molecule has 1 saturated heterocycles. The Morgan fingerprint density at radius 1 is 1.60 bits per heavy atom. The van der Waals surface area contributed by atoms with Crippen LogP contribution < -0.4 is 11.1 Å². The highest BCUT2D eigenvalue weighted by molar-refractivity contribution is 5.80. The highest BCUT2D eigenvalue weighted by Gasteiger charge is 2.27. The van der Waals surface area contributed by atoms with E-state index in [0.717, 1.165) is 26.0 Å². The molecule has 0 aliphatic carbocycles. The second-order valence-corrected chi connectivity index (χ2v) is 4.66. The van der Waals surface area contributed by atoms with Crippen LogP contribution in [0.3, 0.4) is 0 Å². The maximum Gasteiger partial charge on any atom is 0.234 e. The molecule has 0 radical (unpaired) electrons. The van der Waals surface area contributed by atoms with Crippen LogP contribution in [0.1, 0.15) is 26.7 Å². The van der Waals surface area contributed by atoms with Crippen LogP contribution in [0.15, 0.2) is 0 Å². The Hall–Kier alpha value is -0.610. The van der Waals surface area contributed by atoms with Gasteiger partial charge >= 0.3 is 0 Å². The molecule has 3 N–H and O–H groups in total. The largest absolute Gasteiger partial charge is 0.381 e. The van der Waals surface area contributed by atoms with Gasteiger partial charge < -0.3 is 15.8 Å². The number of ether oxygens (including phenoxy) is 1. The van der Waals surface area contributed by atoms with Crippen LogP contribution in [0.4, 0.5) is 0 Å². The van der Waals surface area contributed by atoms with Crippen molar-refractivity contribution in [3.8, 4) is 0 Å². The summed E-state index contributed by atoms with van der Waals surface area (Å²) in [6.07, 6.45) is 2.05. The molecule has 1 aliphatic heterocycles. The lowest BCUT2D eigenvalue weighted by Crippen LogP contribution is -2.50. The minimum Gasteiger partial charge on any atom is -0.381 e. The molecule has 0 aromatic heterocycles. The van der Waals surface area contributed by atoms with E-state index in [1.165, 1.54) is 0 Å². The van der Waals surface area contributed by atoms with E-state index >= 15 is 0 Å². The second kappa shape index (κ2) is 6.08. The van der Waals surface area contributed by atoms with Crippen LogP contribution in [-0.4, -0.2) is 31.7 Å². The molecule has 1 rings (SSSR count). The number of nitrogens with two attached hydrogens (primary N) is 1. The lowest BCUT2D eigenvalue weighted by atomic mass is 9.93. The number of nitrogens with one attached hydrogen (secondary N) is 1. The van der Waals surface area contributed by atoms with E-state index in [1.807, 2.05) is 0 Å². The summed E-state index contributed by atoms with van der Waals surface area (Å²) in [7, 11) is 0. The van der Waals surface area contributed by atoms with Crippen LogP contribution in [-0.2, 0) is 9.53 Å². The van der Waals surface area contributed by atoms with Gasteiger partial charge in [-0.3, -0.25) is 4.79 Å². The van der Waals surface area contributed by atoms with Crippen molar-refractivity contribution in [2.45, 2.75) is 32.7 Å².